The summed E-state index contributed by atoms with van der Waals surface area (Å²) in [6, 6.07) is 16.6. The lowest BCUT2D eigenvalue weighted by Gasteiger charge is -2.31. The molecule has 2 N–H and O–H groups in total. The van der Waals surface area contributed by atoms with Gasteiger partial charge in [0.2, 0.25) is 11.9 Å². The standard InChI is InChI=1S/C23H24N6O2/c1-24-21(31)18-8-5-9-19(14-18)27-22-25-15-26-23(28-22)29-12-10-17(11-13-29)20(30)16-6-3-2-4-7-16/h2-9,14-15,17H,10-13H2,1H3,(H,24,31)(H,25,26,27,28). The summed E-state index contributed by atoms with van der Waals surface area (Å²) in [5.74, 6) is 1.04. The fraction of sp³-hybridized carbons (Fsp3) is 0.261. The van der Waals surface area contributed by atoms with Crippen LogP contribution in [0.25, 0.3) is 0 Å². The molecule has 1 fully saturated rings. The number of nitrogens with zero attached hydrogens (tertiary/aromatic N) is 4. The first-order chi connectivity index (χ1) is 15.1. The van der Waals surface area contributed by atoms with Gasteiger partial charge in [0.1, 0.15) is 6.33 Å². The molecule has 8 heteroatoms. The molecule has 1 saturated heterocycles. The first kappa shape index (κ1) is 20.5. The number of carbonyl (C=O) groups excluding carboxylic acids is 2. The molecule has 2 heterocycles. The van der Waals surface area contributed by atoms with Gasteiger partial charge in [0.15, 0.2) is 5.78 Å². The van der Waals surface area contributed by atoms with Gasteiger partial charge < -0.3 is 15.5 Å². The molecule has 1 amide bonds. The summed E-state index contributed by atoms with van der Waals surface area (Å²) < 4.78 is 0. The summed E-state index contributed by atoms with van der Waals surface area (Å²) in [6.45, 7) is 1.41. The van der Waals surface area contributed by atoms with Gasteiger partial charge in [-0.2, -0.15) is 4.98 Å². The number of ketones is 1. The third kappa shape index (κ3) is 4.85. The van der Waals surface area contributed by atoms with Crippen molar-refractivity contribution in [1.29, 1.82) is 0 Å². The van der Waals surface area contributed by atoms with E-state index in [9.17, 15) is 9.59 Å². The van der Waals surface area contributed by atoms with E-state index in [1.165, 1.54) is 6.33 Å². The van der Waals surface area contributed by atoms with Gasteiger partial charge in [-0.25, -0.2) is 9.97 Å². The molecule has 31 heavy (non-hydrogen) atoms. The molecule has 8 nitrogen and oxygen atoms in total. The number of hydrogen-bond donors (Lipinski definition) is 2. The molecule has 0 atom stereocenters. The van der Waals surface area contributed by atoms with E-state index in [4.69, 9.17) is 0 Å². The van der Waals surface area contributed by atoms with Crippen LogP contribution in [0, 0.1) is 5.92 Å². The Kier molecular flexibility index (Phi) is 6.16. The summed E-state index contributed by atoms with van der Waals surface area (Å²) in [6.07, 6.45) is 2.99. The predicted molar refractivity (Wildman–Crippen MR) is 119 cm³/mol. The van der Waals surface area contributed by atoms with E-state index in [0.29, 0.717) is 36.2 Å². The highest BCUT2D eigenvalue weighted by molar-refractivity contribution is 5.98. The number of aromatic nitrogens is 3. The first-order valence-corrected chi connectivity index (χ1v) is 10.3. The number of piperidine rings is 1. The van der Waals surface area contributed by atoms with Crippen molar-refractivity contribution >= 4 is 29.3 Å². The highest BCUT2D eigenvalue weighted by atomic mass is 16.1. The third-order valence-corrected chi connectivity index (χ3v) is 5.37. The minimum Gasteiger partial charge on any atom is -0.355 e. The van der Waals surface area contributed by atoms with E-state index >= 15 is 0 Å². The molecule has 1 aromatic heterocycles. The molecule has 1 aliphatic heterocycles. The molecule has 0 spiro atoms. The third-order valence-electron chi connectivity index (χ3n) is 5.37. The van der Waals surface area contributed by atoms with Gasteiger partial charge in [-0.05, 0) is 31.0 Å². The smallest absolute Gasteiger partial charge is 0.251 e. The van der Waals surface area contributed by atoms with Gasteiger partial charge in [0, 0.05) is 42.9 Å². The Morgan fingerprint density at radius 1 is 0.968 bits per heavy atom. The van der Waals surface area contributed by atoms with E-state index in [2.05, 4.69) is 30.5 Å². The zero-order valence-electron chi connectivity index (χ0n) is 17.3. The Morgan fingerprint density at radius 2 is 1.71 bits per heavy atom. The van der Waals surface area contributed by atoms with Gasteiger partial charge in [-0.15, -0.1) is 0 Å². The van der Waals surface area contributed by atoms with Gasteiger partial charge >= 0.3 is 0 Å². The molecule has 0 bridgehead atoms. The highest BCUT2D eigenvalue weighted by Crippen LogP contribution is 2.24. The number of Topliss-reactive ketones (excluding diaryl/α,β-unsaturated/α-hetero) is 1. The van der Waals surface area contributed by atoms with Gasteiger partial charge in [-0.1, -0.05) is 36.4 Å². The lowest BCUT2D eigenvalue weighted by atomic mass is 9.89. The lowest BCUT2D eigenvalue weighted by Crippen LogP contribution is -2.37. The molecule has 3 aromatic rings. The molecule has 2 aromatic carbocycles. The van der Waals surface area contributed by atoms with E-state index < -0.39 is 0 Å². The molecular weight excluding hydrogens is 392 g/mol. The van der Waals surface area contributed by atoms with Crippen LogP contribution < -0.4 is 15.5 Å². The van der Waals surface area contributed by atoms with Crippen LogP contribution in [0.3, 0.4) is 0 Å². The van der Waals surface area contributed by atoms with Crippen LogP contribution in [-0.2, 0) is 0 Å². The van der Waals surface area contributed by atoms with Crippen LogP contribution in [0.2, 0.25) is 0 Å². The summed E-state index contributed by atoms with van der Waals surface area (Å²) in [7, 11) is 1.59. The number of anilines is 3. The molecule has 1 aliphatic rings. The Labute approximate surface area is 180 Å². The van der Waals surface area contributed by atoms with Crippen molar-refractivity contribution in [2.75, 3.05) is 30.4 Å². The number of hydrogen-bond acceptors (Lipinski definition) is 7. The van der Waals surface area contributed by atoms with Crippen molar-refractivity contribution in [3.05, 3.63) is 72.1 Å². The Morgan fingerprint density at radius 3 is 2.45 bits per heavy atom. The van der Waals surface area contributed by atoms with Gasteiger partial charge in [0.25, 0.3) is 5.91 Å². The van der Waals surface area contributed by atoms with Gasteiger partial charge in [-0.3, -0.25) is 9.59 Å². The van der Waals surface area contributed by atoms with Crippen LogP contribution >= 0.6 is 0 Å². The monoisotopic (exact) mass is 416 g/mol. The maximum atomic E-state index is 12.7. The molecule has 4 rings (SSSR count). The molecule has 0 unspecified atom stereocenters. The van der Waals surface area contributed by atoms with Crippen LogP contribution in [0.15, 0.2) is 60.9 Å². The predicted octanol–water partition coefficient (Wildman–Crippen LogP) is 3.07. The molecule has 158 valence electrons. The number of nitrogens with one attached hydrogen (secondary N) is 2. The quantitative estimate of drug-likeness (QED) is 0.596. The summed E-state index contributed by atoms with van der Waals surface area (Å²) in [5.41, 5.74) is 2.03. The fourth-order valence-electron chi connectivity index (χ4n) is 3.69. The summed E-state index contributed by atoms with van der Waals surface area (Å²) in [5, 5.41) is 5.74. The Hall–Kier alpha value is -3.81. The average Bonchev–Trinajstić information content (AvgIpc) is 2.84. The van der Waals surface area contributed by atoms with Crippen molar-refractivity contribution in [3.8, 4) is 0 Å². The summed E-state index contributed by atoms with van der Waals surface area (Å²) >= 11 is 0. The Bertz CT molecular complexity index is 1060. The molecule has 0 aliphatic carbocycles. The zero-order valence-corrected chi connectivity index (χ0v) is 17.3. The Balaban J connectivity index is 1.40. The molecule has 0 saturated carbocycles. The minimum atomic E-state index is -0.159. The summed E-state index contributed by atoms with van der Waals surface area (Å²) in [4.78, 5) is 39.6. The number of carbonyl (C=O) groups is 2. The largest absolute Gasteiger partial charge is 0.355 e. The van der Waals surface area contributed by atoms with E-state index in [1.54, 1.807) is 25.2 Å². The minimum absolute atomic E-state index is 0.0190. The lowest BCUT2D eigenvalue weighted by molar-refractivity contribution is 0.0899. The molecular formula is C23H24N6O2. The second-order valence-electron chi connectivity index (χ2n) is 7.39. The van der Waals surface area contributed by atoms with Crippen molar-refractivity contribution in [2.45, 2.75) is 12.8 Å². The fourth-order valence-corrected chi connectivity index (χ4v) is 3.69. The number of benzene rings is 2. The zero-order chi connectivity index (χ0) is 21.6. The van der Waals surface area contributed by atoms with Crippen LogP contribution in [0.5, 0.6) is 0 Å². The highest BCUT2D eigenvalue weighted by Gasteiger charge is 2.27. The van der Waals surface area contributed by atoms with Crippen molar-refractivity contribution in [1.82, 2.24) is 20.3 Å². The normalized spacial score (nSPS) is 14.2. The second kappa shape index (κ2) is 9.34. The van der Waals surface area contributed by atoms with E-state index in [0.717, 1.165) is 18.4 Å². The van der Waals surface area contributed by atoms with E-state index in [-0.39, 0.29) is 17.6 Å². The van der Waals surface area contributed by atoms with Gasteiger partial charge in [0.05, 0.1) is 0 Å². The topological polar surface area (TPSA) is 100 Å². The maximum Gasteiger partial charge on any atom is 0.251 e. The van der Waals surface area contributed by atoms with Crippen LogP contribution in [-0.4, -0.2) is 46.8 Å². The van der Waals surface area contributed by atoms with Crippen LogP contribution in [0.4, 0.5) is 17.6 Å². The maximum absolute atomic E-state index is 12.7. The second-order valence-corrected chi connectivity index (χ2v) is 7.39. The van der Waals surface area contributed by atoms with E-state index in [1.807, 2.05) is 36.4 Å². The number of amides is 1. The van der Waals surface area contributed by atoms with Crippen molar-refractivity contribution in [3.63, 3.8) is 0 Å². The average molecular weight is 416 g/mol. The van der Waals surface area contributed by atoms with Crippen LogP contribution in [0.1, 0.15) is 33.6 Å². The number of rotatable bonds is 6. The van der Waals surface area contributed by atoms with Crippen molar-refractivity contribution < 1.29 is 9.59 Å². The molecule has 0 radical (unpaired) electrons. The first-order valence-electron chi connectivity index (χ1n) is 10.3. The SMILES string of the molecule is CNC(=O)c1cccc(Nc2ncnc(N3CCC(C(=O)c4ccccc4)CC3)n2)c1. The van der Waals surface area contributed by atoms with Crippen molar-refractivity contribution in [2.24, 2.45) is 5.92 Å².